The summed E-state index contributed by atoms with van der Waals surface area (Å²) in [5.41, 5.74) is 2.41. The van der Waals surface area contributed by atoms with Gasteiger partial charge in [-0.15, -0.1) is 0 Å². The lowest BCUT2D eigenvalue weighted by Gasteiger charge is -2.38. The van der Waals surface area contributed by atoms with Crippen molar-refractivity contribution < 1.29 is 27.4 Å². The first-order valence-corrected chi connectivity index (χ1v) is 14.1. The highest BCUT2D eigenvalue weighted by atomic mass is 19.4. The van der Waals surface area contributed by atoms with Crippen molar-refractivity contribution >= 4 is 22.3 Å². The van der Waals surface area contributed by atoms with Gasteiger partial charge in [0.1, 0.15) is 18.9 Å². The molecule has 41 heavy (non-hydrogen) atoms. The zero-order valence-electron chi connectivity index (χ0n) is 23.3. The van der Waals surface area contributed by atoms with Gasteiger partial charge in [-0.2, -0.15) is 13.2 Å². The summed E-state index contributed by atoms with van der Waals surface area (Å²) >= 11 is 0. The number of benzene rings is 2. The lowest BCUT2D eigenvalue weighted by molar-refractivity contribution is -0.140. The molecule has 0 spiro atoms. The molecule has 2 aliphatic rings. The summed E-state index contributed by atoms with van der Waals surface area (Å²) in [4.78, 5) is 2.32. The van der Waals surface area contributed by atoms with Crippen molar-refractivity contribution in [2.45, 2.75) is 31.6 Å². The van der Waals surface area contributed by atoms with Gasteiger partial charge in [0.2, 0.25) is 0 Å². The van der Waals surface area contributed by atoms with Crippen LogP contribution in [0.1, 0.15) is 18.5 Å². The van der Waals surface area contributed by atoms with E-state index in [1.807, 2.05) is 36.4 Å². The molecule has 3 heterocycles. The van der Waals surface area contributed by atoms with Crippen molar-refractivity contribution in [3.05, 3.63) is 54.2 Å². The molecule has 0 radical (unpaired) electrons. The number of alkyl halides is 3. The fourth-order valence-electron chi connectivity index (χ4n) is 5.54. The van der Waals surface area contributed by atoms with Crippen LogP contribution in [0, 0.1) is 17.8 Å². The van der Waals surface area contributed by atoms with Gasteiger partial charge in [0.25, 0.3) is 0 Å². The zero-order valence-corrected chi connectivity index (χ0v) is 23.3. The molecule has 7 nitrogen and oxygen atoms in total. The number of anilines is 2. The van der Waals surface area contributed by atoms with Crippen LogP contribution in [0.3, 0.4) is 0 Å². The van der Waals surface area contributed by atoms with Crippen LogP contribution in [-0.4, -0.2) is 81.4 Å². The van der Waals surface area contributed by atoms with Gasteiger partial charge in [-0.3, -0.25) is 0 Å². The largest absolute Gasteiger partial charge is 0.489 e. The Kier molecular flexibility index (Phi) is 9.60. The molecule has 2 aromatic carbocycles. The molecule has 0 amide bonds. The van der Waals surface area contributed by atoms with E-state index in [9.17, 15) is 13.2 Å². The monoisotopic (exact) mass is 570 g/mol. The highest BCUT2D eigenvalue weighted by molar-refractivity contribution is 5.94. The van der Waals surface area contributed by atoms with Crippen molar-refractivity contribution in [1.82, 2.24) is 9.47 Å². The number of ether oxygens (including phenoxy) is 3. The van der Waals surface area contributed by atoms with Crippen LogP contribution in [0.2, 0.25) is 0 Å². The minimum atomic E-state index is -4.38. The van der Waals surface area contributed by atoms with Crippen molar-refractivity contribution in [2.75, 3.05) is 70.3 Å². The number of nitrogens with zero attached hydrogens (tertiary/aromatic N) is 2. The van der Waals surface area contributed by atoms with Crippen molar-refractivity contribution in [3.8, 4) is 17.6 Å². The Hall–Kier alpha value is -3.39. The summed E-state index contributed by atoms with van der Waals surface area (Å²) in [6, 6.07) is 14.9. The van der Waals surface area contributed by atoms with Crippen molar-refractivity contribution in [3.63, 3.8) is 0 Å². The second kappa shape index (κ2) is 13.5. The quantitative estimate of drug-likeness (QED) is 0.392. The van der Waals surface area contributed by atoms with Gasteiger partial charge in [-0.25, -0.2) is 0 Å². The number of para-hydroxylation sites is 2. The fraction of sp³-hybridized carbons (Fsp3) is 0.484. The van der Waals surface area contributed by atoms with Gasteiger partial charge in [-0.05, 0) is 68.6 Å². The molecule has 2 atom stereocenters. The Morgan fingerprint density at radius 3 is 2.59 bits per heavy atom. The predicted molar refractivity (Wildman–Crippen MR) is 155 cm³/mol. The van der Waals surface area contributed by atoms with Crippen LogP contribution >= 0.6 is 0 Å². The molecule has 2 bridgehead atoms. The number of rotatable bonds is 1. The van der Waals surface area contributed by atoms with Crippen LogP contribution in [0.15, 0.2) is 48.5 Å². The highest BCUT2D eigenvalue weighted by Gasteiger charge is 2.31. The van der Waals surface area contributed by atoms with E-state index in [0.29, 0.717) is 55.9 Å². The first kappa shape index (κ1) is 29.1. The molecule has 3 aromatic rings. The van der Waals surface area contributed by atoms with Gasteiger partial charge in [-0.1, -0.05) is 24.1 Å². The van der Waals surface area contributed by atoms with Crippen LogP contribution in [-0.2, 0) is 16.0 Å². The third-order valence-electron chi connectivity index (χ3n) is 7.52. The number of halogens is 3. The average Bonchev–Trinajstić information content (AvgIpc) is 3.28. The smallest absolute Gasteiger partial charge is 0.406 e. The maximum atomic E-state index is 13.7. The Morgan fingerprint density at radius 2 is 1.73 bits per heavy atom. The summed E-state index contributed by atoms with van der Waals surface area (Å²) in [5.74, 6) is 6.99. The van der Waals surface area contributed by atoms with Crippen LogP contribution < -0.4 is 15.4 Å². The Bertz CT molecular complexity index is 1360. The molecule has 0 saturated carbocycles. The van der Waals surface area contributed by atoms with E-state index < -0.39 is 12.7 Å². The first-order chi connectivity index (χ1) is 19.9. The number of likely N-dealkylation sites (tertiary alicyclic amines) is 1. The molecular weight excluding hydrogens is 533 g/mol. The molecule has 0 aliphatic carbocycles. The lowest BCUT2D eigenvalue weighted by atomic mass is 9.89. The summed E-state index contributed by atoms with van der Waals surface area (Å²) in [6.07, 6.45) is -2.58. The van der Waals surface area contributed by atoms with E-state index in [2.05, 4.69) is 34.4 Å². The maximum absolute atomic E-state index is 13.7. The molecule has 220 valence electrons. The molecular formula is C31H37F3N4O3. The minimum absolute atomic E-state index is 0.177. The summed E-state index contributed by atoms with van der Waals surface area (Å²) in [7, 11) is 2.12. The third kappa shape index (κ3) is 7.88. The second-order valence-electron chi connectivity index (χ2n) is 10.5. The highest BCUT2D eigenvalue weighted by Crippen LogP contribution is 2.32. The van der Waals surface area contributed by atoms with Gasteiger partial charge < -0.3 is 34.3 Å². The van der Waals surface area contributed by atoms with Crippen molar-refractivity contribution in [1.29, 1.82) is 0 Å². The van der Waals surface area contributed by atoms with E-state index in [1.54, 1.807) is 12.1 Å². The molecule has 5 rings (SSSR count). The number of hydrogen-bond donors (Lipinski definition) is 2. The first-order valence-electron chi connectivity index (χ1n) is 14.1. The number of hydrogen-bond acceptors (Lipinski definition) is 6. The molecule has 2 N–H and O–H groups in total. The predicted octanol–water partition coefficient (Wildman–Crippen LogP) is 5.22. The summed E-state index contributed by atoms with van der Waals surface area (Å²) < 4.78 is 59.7. The number of fused-ring (bicyclic) bond motifs is 3. The zero-order chi connectivity index (χ0) is 28.7. The molecule has 2 unspecified atom stereocenters. The van der Waals surface area contributed by atoms with E-state index >= 15 is 0 Å². The van der Waals surface area contributed by atoms with Gasteiger partial charge in [0.15, 0.2) is 0 Å². The Balaban J connectivity index is 1.46. The molecule has 1 aromatic heterocycles. The number of aromatic nitrogens is 1. The normalized spacial score (nSPS) is 21.6. The van der Waals surface area contributed by atoms with E-state index in [1.165, 1.54) is 4.57 Å². The molecule has 1 fully saturated rings. The second-order valence-corrected chi connectivity index (χ2v) is 10.5. The van der Waals surface area contributed by atoms with Gasteiger partial charge in [0, 0.05) is 30.3 Å². The van der Waals surface area contributed by atoms with Gasteiger partial charge >= 0.3 is 6.18 Å². The fourth-order valence-corrected chi connectivity index (χ4v) is 5.54. The molecule has 1 saturated heterocycles. The van der Waals surface area contributed by atoms with E-state index in [0.717, 1.165) is 42.7 Å². The number of piperidine rings is 1. The molecule has 2 aliphatic heterocycles. The Labute approximate surface area is 238 Å². The standard InChI is InChI=1S/C31H37F3N4O3/c1-37-14-11-26-23(21-37)12-15-39-16-17-40-18-19-41-30-10-3-2-7-28(30)35-13-5-6-24-20-25-27(36-26)8-4-9-29(25)38(24)22-31(32,33)34/h2-4,7-10,20,23,26,35-36H,11-19,21-22H2,1H3. The Morgan fingerprint density at radius 1 is 0.951 bits per heavy atom. The van der Waals surface area contributed by atoms with E-state index in [-0.39, 0.29) is 12.6 Å². The van der Waals surface area contributed by atoms with Crippen LogP contribution in [0.25, 0.3) is 10.9 Å². The topological polar surface area (TPSA) is 59.9 Å². The summed E-state index contributed by atoms with van der Waals surface area (Å²) in [6.45, 7) is 3.42. The van der Waals surface area contributed by atoms with Crippen molar-refractivity contribution in [2.24, 2.45) is 5.92 Å². The summed E-state index contributed by atoms with van der Waals surface area (Å²) in [5, 5.41) is 7.64. The average molecular weight is 571 g/mol. The van der Waals surface area contributed by atoms with E-state index in [4.69, 9.17) is 14.2 Å². The van der Waals surface area contributed by atoms with Crippen LogP contribution in [0.4, 0.5) is 24.5 Å². The van der Waals surface area contributed by atoms with Gasteiger partial charge in [0.05, 0.1) is 43.3 Å². The number of nitrogens with one attached hydrogen (secondary N) is 2. The third-order valence-corrected chi connectivity index (χ3v) is 7.52. The van der Waals surface area contributed by atoms with Crippen LogP contribution in [0.5, 0.6) is 5.75 Å². The maximum Gasteiger partial charge on any atom is 0.406 e. The SMILES string of the molecule is CN1CCC2Nc3cccc4c3cc(n4CC(F)(F)F)C#CCNc3ccccc3OCCOCCOCCC2C1. The molecule has 10 heteroatoms. The minimum Gasteiger partial charge on any atom is -0.489 e. The lowest BCUT2D eigenvalue weighted by Crippen LogP contribution is -2.45.